The first kappa shape index (κ1) is 11.3. The Balaban J connectivity index is 2.01. The molecule has 1 aromatic carbocycles. The number of aromatic amines is 1. The van der Waals surface area contributed by atoms with Gasteiger partial charge in [0, 0.05) is 12.3 Å². The van der Waals surface area contributed by atoms with Crippen LogP contribution in [0.25, 0.3) is 11.0 Å². The van der Waals surface area contributed by atoms with Crippen molar-refractivity contribution in [2.24, 2.45) is 5.18 Å². The van der Waals surface area contributed by atoms with Gasteiger partial charge >= 0.3 is 0 Å². The fourth-order valence-electron chi connectivity index (χ4n) is 1.66. The van der Waals surface area contributed by atoms with E-state index in [9.17, 15) is 9.30 Å². The highest BCUT2D eigenvalue weighted by atomic mass is 19.1. The summed E-state index contributed by atoms with van der Waals surface area (Å²) < 4.78 is 19.1. The van der Waals surface area contributed by atoms with Crippen molar-refractivity contribution in [1.82, 2.24) is 15.0 Å². The van der Waals surface area contributed by atoms with Crippen molar-refractivity contribution in [3.05, 3.63) is 47.5 Å². The summed E-state index contributed by atoms with van der Waals surface area (Å²) in [7, 11) is 0. The van der Waals surface area contributed by atoms with Crippen molar-refractivity contribution < 1.29 is 9.13 Å². The number of ether oxygens (including phenoxy) is 1. The fourth-order valence-corrected chi connectivity index (χ4v) is 1.66. The van der Waals surface area contributed by atoms with Gasteiger partial charge in [0.1, 0.15) is 17.5 Å². The van der Waals surface area contributed by atoms with Crippen LogP contribution in [-0.4, -0.2) is 15.0 Å². The predicted molar refractivity (Wildman–Crippen MR) is 65.8 cm³/mol. The second-order valence-electron chi connectivity index (χ2n) is 3.72. The van der Waals surface area contributed by atoms with Crippen molar-refractivity contribution in [3.8, 4) is 11.6 Å². The van der Waals surface area contributed by atoms with Gasteiger partial charge in [-0.3, -0.25) is 0 Å². The summed E-state index contributed by atoms with van der Waals surface area (Å²) in [5, 5.41) is 2.64. The summed E-state index contributed by atoms with van der Waals surface area (Å²) in [6.07, 6.45) is 3.01. The number of hydrogen-bond acceptors (Lipinski definition) is 5. The van der Waals surface area contributed by atoms with E-state index in [1.165, 1.54) is 18.5 Å². The van der Waals surface area contributed by atoms with E-state index in [4.69, 9.17) is 4.74 Å². The van der Waals surface area contributed by atoms with Crippen LogP contribution in [0.3, 0.4) is 0 Å². The SMILES string of the molecule is O=Nc1ccc(Oc2ncnc3cc[nH]c23)c(F)c1. The Hall–Kier alpha value is -2.83. The molecule has 1 N–H and O–H groups in total. The van der Waals surface area contributed by atoms with Crippen molar-refractivity contribution >= 4 is 16.7 Å². The van der Waals surface area contributed by atoms with E-state index in [1.807, 2.05) is 0 Å². The quantitative estimate of drug-likeness (QED) is 0.731. The lowest BCUT2D eigenvalue weighted by Gasteiger charge is -2.06. The highest BCUT2D eigenvalue weighted by Crippen LogP contribution is 2.29. The van der Waals surface area contributed by atoms with Gasteiger partial charge in [0.05, 0.1) is 5.52 Å². The Bertz CT molecular complexity index is 756. The molecule has 6 nitrogen and oxygen atoms in total. The monoisotopic (exact) mass is 258 g/mol. The summed E-state index contributed by atoms with van der Waals surface area (Å²) in [5.74, 6) is -0.516. The summed E-state index contributed by atoms with van der Waals surface area (Å²) in [5.41, 5.74) is 1.23. The van der Waals surface area contributed by atoms with Gasteiger partial charge in [0.25, 0.3) is 0 Å². The Morgan fingerprint density at radius 3 is 2.95 bits per heavy atom. The summed E-state index contributed by atoms with van der Waals surface area (Å²) in [6.45, 7) is 0. The number of halogens is 1. The largest absolute Gasteiger partial charge is 0.434 e. The molecule has 19 heavy (non-hydrogen) atoms. The molecule has 0 amide bonds. The highest BCUT2D eigenvalue weighted by molar-refractivity contribution is 5.79. The number of nitroso groups, excluding NO2 is 1. The number of benzene rings is 1. The first-order chi connectivity index (χ1) is 9.28. The van der Waals surface area contributed by atoms with Gasteiger partial charge in [0.15, 0.2) is 11.6 Å². The molecule has 94 valence electrons. The number of H-pyrrole nitrogens is 1. The van der Waals surface area contributed by atoms with Crippen LogP contribution < -0.4 is 4.74 Å². The topological polar surface area (TPSA) is 80.2 Å². The molecule has 0 aliphatic rings. The van der Waals surface area contributed by atoms with Crippen LogP contribution in [0.2, 0.25) is 0 Å². The molecule has 0 saturated carbocycles. The third kappa shape index (κ3) is 2.01. The van der Waals surface area contributed by atoms with Crippen LogP contribution in [-0.2, 0) is 0 Å². The molecule has 0 spiro atoms. The van der Waals surface area contributed by atoms with Crippen LogP contribution in [0.15, 0.2) is 42.0 Å². The molecule has 0 fully saturated rings. The molecular weight excluding hydrogens is 251 g/mol. The zero-order valence-corrected chi connectivity index (χ0v) is 9.50. The molecule has 7 heteroatoms. The lowest BCUT2D eigenvalue weighted by Crippen LogP contribution is -1.92. The molecule has 0 bridgehead atoms. The molecule has 3 aromatic rings. The Morgan fingerprint density at radius 2 is 2.16 bits per heavy atom. The van der Waals surface area contributed by atoms with Crippen molar-refractivity contribution in [2.75, 3.05) is 0 Å². The molecule has 0 aliphatic carbocycles. The number of aromatic nitrogens is 3. The van der Waals surface area contributed by atoms with E-state index in [0.717, 1.165) is 6.07 Å². The molecule has 0 saturated heterocycles. The zero-order valence-electron chi connectivity index (χ0n) is 9.50. The average molecular weight is 258 g/mol. The van der Waals surface area contributed by atoms with Gasteiger partial charge in [-0.15, -0.1) is 4.91 Å². The van der Waals surface area contributed by atoms with Gasteiger partial charge in [0.2, 0.25) is 5.88 Å². The van der Waals surface area contributed by atoms with Crippen molar-refractivity contribution in [2.45, 2.75) is 0 Å². The molecule has 0 unspecified atom stereocenters. The van der Waals surface area contributed by atoms with Gasteiger partial charge in [-0.25, -0.2) is 9.37 Å². The predicted octanol–water partition coefficient (Wildman–Crippen LogP) is 3.29. The number of rotatable bonds is 3. The third-order valence-electron chi connectivity index (χ3n) is 2.54. The van der Waals surface area contributed by atoms with Crippen LogP contribution in [0.1, 0.15) is 0 Å². The Morgan fingerprint density at radius 1 is 1.26 bits per heavy atom. The molecule has 0 atom stereocenters. The number of fused-ring (bicyclic) bond motifs is 1. The first-order valence-corrected chi connectivity index (χ1v) is 5.37. The van der Waals surface area contributed by atoms with E-state index in [1.54, 1.807) is 12.3 Å². The average Bonchev–Trinajstić information content (AvgIpc) is 2.90. The van der Waals surface area contributed by atoms with Gasteiger partial charge in [-0.2, -0.15) is 4.98 Å². The smallest absolute Gasteiger partial charge is 0.247 e. The van der Waals surface area contributed by atoms with Gasteiger partial charge < -0.3 is 9.72 Å². The lowest BCUT2D eigenvalue weighted by molar-refractivity contribution is 0.431. The third-order valence-corrected chi connectivity index (χ3v) is 2.54. The van der Waals surface area contributed by atoms with E-state index in [-0.39, 0.29) is 17.3 Å². The number of nitrogens with one attached hydrogen (secondary N) is 1. The van der Waals surface area contributed by atoms with E-state index in [0.29, 0.717) is 11.0 Å². The Kier molecular flexibility index (Phi) is 2.64. The lowest BCUT2D eigenvalue weighted by atomic mass is 10.3. The summed E-state index contributed by atoms with van der Waals surface area (Å²) in [6, 6.07) is 5.43. The second kappa shape index (κ2) is 4.45. The fraction of sp³-hybridized carbons (Fsp3) is 0. The first-order valence-electron chi connectivity index (χ1n) is 5.37. The summed E-state index contributed by atoms with van der Waals surface area (Å²) in [4.78, 5) is 21.2. The van der Waals surface area contributed by atoms with Crippen LogP contribution in [0.5, 0.6) is 11.6 Å². The van der Waals surface area contributed by atoms with Gasteiger partial charge in [-0.1, -0.05) is 0 Å². The van der Waals surface area contributed by atoms with Crippen LogP contribution in [0.4, 0.5) is 10.1 Å². The molecule has 0 aliphatic heterocycles. The van der Waals surface area contributed by atoms with E-state index >= 15 is 0 Å². The van der Waals surface area contributed by atoms with E-state index < -0.39 is 5.82 Å². The minimum atomic E-state index is -0.685. The molecule has 2 aromatic heterocycles. The van der Waals surface area contributed by atoms with Gasteiger partial charge in [-0.05, 0) is 23.4 Å². The maximum Gasteiger partial charge on any atom is 0.247 e. The summed E-state index contributed by atoms with van der Waals surface area (Å²) >= 11 is 0. The number of hydrogen-bond donors (Lipinski definition) is 1. The molecule has 0 radical (unpaired) electrons. The molecule has 2 heterocycles. The maximum absolute atomic E-state index is 13.7. The highest BCUT2D eigenvalue weighted by Gasteiger charge is 2.11. The van der Waals surface area contributed by atoms with Crippen molar-refractivity contribution in [1.29, 1.82) is 0 Å². The minimum Gasteiger partial charge on any atom is -0.434 e. The second-order valence-corrected chi connectivity index (χ2v) is 3.72. The standard InChI is InChI=1S/C12H7FN4O2/c13-8-5-7(17-18)1-2-10(8)19-12-11-9(3-4-14-11)15-6-16-12/h1-6,14H. The van der Waals surface area contributed by atoms with Crippen molar-refractivity contribution in [3.63, 3.8) is 0 Å². The van der Waals surface area contributed by atoms with Crippen LogP contribution in [0, 0.1) is 10.7 Å². The van der Waals surface area contributed by atoms with Crippen LogP contribution >= 0.6 is 0 Å². The normalized spacial score (nSPS) is 10.6. The minimum absolute atomic E-state index is 0.00226. The Labute approximate surface area is 106 Å². The number of nitrogens with zero attached hydrogens (tertiary/aromatic N) is 3. The van der Waals surface area contributed by atoms with E-state index in [2.05, 4.69) is 20.1 Å². The zero-order chi connectivity index (χ0) is 13.2. The molecule has 3 rings (SSSR count). The maximum atomic E-state index is 13.7. The molecular formula is C12H7FN4O2.